The van der Waals surface area contributed by atoms with Gasteiger partial charge in [-0.05, 0) is 43.0 Å². The van der Waals surface area contributed by atoms with Gasteiger partial charge in [-0.3, -0.25) is 4.79 Å². The maximum Gasteiger partial charge on any atom is 0.416 e. The van der Waals surface area contributed by atoms with Crippen LogP contribution in [0.25, 0.3) is 0 Å². The van der Waals surface area contributed by atoms with Gasteiger partial charge in [0.25, 0.3) is 5.03 Å². The summed E-state index contributed by atoms with van der Waals surface area (Å²) in [4.78, 5) is 12.2. The molecule has 1 N–H and O–H groups in total. The molecule has 1 unspecified atom stereocenters. The van der Waals surface area contributed by atoms with Crippen molar-refractivity contribution in [1.29, 1.82) is 0 Å². The zero-order valence-electron chi connectivity index (χ0n) is 12.3. The van der Waals surface area contributed by atoms with Gasteiger partial charge in [0.1, 0.15) is 0 Å². The van der Waals surface area contributed by atoms with E-state index in [0.717, 1.165) is 30.0 Å². The number of thioether (sulfide) groups is 1. The molecule has 0 saturated heterocycles. The van der Waals surface area contributed by atoms with Crippen molar-refractivity contribution < 1.29 is 22.7 Å². The number of anilines is 1. The van der Waals surface area contributed by atoms with E-state index in [-0.39, 0.29) is 10.7 Å². The number of carbonyl (C=O) groups excluding carboxylic acids is 1. The molecule has 1 aromatic heterocycles. The molecular formula is C15H12ClF3N2O2S. The number of hydrogen-bond acceptors (Lipinski definition) is 3. The Kier molecular flexibility index (Phi) is 5.61. The van der Waals surface area contributed by atoms with E-state index in [2.05, 4.69) is 5.32 Å². The Balaban J connectivity index is 2.13. The van der Waals surface area contributed by atoms with Crippen LogP contribution < -0.4 is 10.0 Å². The minimum atomic E-state index is -4.54. The minimum absolute atomic E-state index is 0.00727. The Morgan fingerprint density at radius 3 is 2.67 bits per heavy atom. The topological polar surface area (TPSA) is 56.0 Å². The fraction of sp³-hybridized carbons (Fsp3) is 0.200. The molecule has 1 heterocycles. The number of amides is 1. The second kappa shape index (κ2) is 7.31. The molecule has 2 aromatic rings. The number of hydrogen-bond donors (Lipinski definition) is 1. The van der Waals surface area contributed by atoms with Gasteiger partial charge < -0.3 is 10.5 Å². The third-order valence-corrected chi connectivity index (χ3v) is 4.46. The Hall–Kier alpha value is -1.93. The molecule has 0 aliphatic heterocycles. The van der Waals surface area contributed by atoms with Crippen molar-refractivity contribution in [3.63, 3.8) is 0 Å². The van der Waals surface area contributed by atoms with Crippen LogP contribution in [0.3, 0.4) is 0 Å². The van der Waals surface area contributed by atoms with Crippen LogP contribution in [0.5, 0.6) is 0 Å². The molecule has 0 saturated carbocycles. The van der Waals surface area contributed by atoms with E-state index >= 15 is 0 Å². The molecule has 0 fully saturated rings. The lowest BCUT2D eigenvalue weighted by Crippen LogP contribution is -2.30. The van der Waals surface area contributed by atoms with Gasteiger partial charge in [0.15, 0.2) is 6.20 Å². The van der Waals surface area contributed by atoms with Crippen LogP contribution in [-0.2, 0) is 11.0 Å². The second-order valence-corrected chi connectivity index (χ2v) is 6.57. The van der Waals surface area contributed by atoms with E-state index in [4.69, 9.17) is 11.6 Å². The first-order chi connectivity index (χ1) is 11.2. The number of benzene rings is 1. The molecule has 1 aromatic carbocycles. The maximum atomic E-state index is 12.7. The number of halogens is 4. The Morgan fingerprint density at radius 1 is 1.33 bits per heavy atom. The molecule has 2 rings (SSSR count). The first kappa shape index (κ1) is 18.4. The minimum Gasteiger partial charge on any atom is -0.618 e. The van der Waals surface area contributed by atoms with Gasteiger partial charge in [0, 0.05) is 12.1 Å². The second-order valence-electron chi connectivity index (χ2n) is 4.81. The lowest BCUT2D eigenvalue weighted by molar-refractivity contribution is -0.645. The van der Waals surface area contributed by atoms with Gasteiger partial charge >= 0.3 is 6.18 Å². The monoisotopic (exact) mass is 376 g/mol. The fourth-order valence-corrected chi connectivity index (χ4v) is 2.79. The number of nitrogens with zero attached hydrogens (tertiary/aromatic N) is 1. The number of alkyl halides is 3. The first-order valence-corrected chi connectivity index (χ1v) is 7.96. The maximum absolute atomic E-state index is 12.7. The highest BCUT2D eigenvalue weighted by Gasteiger charge is 2.31. The summed E-state index contributed by atoms with van der Waals surface area (Å²) in [5.41, 5.74) is -1.05. The van der Waals surface area contributed by atoms with Crippen LogP contribution >= 0.6 is 23.4 Å². The van der Waals surface area contributed by atoms with E-state index in [1.54, 1.807) is 18.2 Å². The highest BCUT2D eigenvalue weighted by Crippen LogP contribution is 2.34. The standard InChI is InChI=1S/C15H12ClF3N2O2S/c1-9(24-13-4-2-3-7-21(13)23)14(22)20-12-8-10(15(17,18)19)5-6-11(12)16/h2-9H,1H3,(H,20,22). The normalized spacial score (nSPS) is 12.7. The average molecular weight is 377 g/mol. The number of carbonyl (C=O) groups is 1. The zero-order chi connectivity index (χ0) is 17.9. The van der Waals surface area contributed by atoms with Crippen LogP contribution in [0.1, 0.15) is 12.5 Å². The fourth-order valence-electron chi connectivity index (χ4n) is 1.77. The highest BCUT2D eigenvalue weighted by molar-refractivity contribution is 8.00. The average Bonchev–Trinajstić information content (AvgIpc) is 2.50. The van der Waals surface area contributed by atoms with Gasteiger partial charge in [-0.2, -0.15) is 17.9 Å². The molecule has 0 bridgehead atoms. The largest absolute Gasteiger partial charge is 0.618 e. The lowest BCUT2D eigenvalue weighted by Gasteiger charge is -2.14. The molecule has 4 nitrogen and oxygen atoms in total. The highest BCUT2D eigenvalue weighted by atomic mass is 35.5. The van der Waals surface area contributed by atoms with Crippen molar-refractivity contribution in [2.45, 2.75) is 23.4 Å². The van der Waals surface area contributed by atoms with Crippen LogP contribution in [0, 0.1) is 5.21 Å². The van der Waals surface area contributed by atoms with Gasteiger partial charge in [-0.1, -0.05) is 11.6 Å². The van der Waals surface area contributed by atoms with Crippen molar-refractivity contribution in [3.8, 4) is 0 Å². The smallest absolute Gasteiger partial charge is 0.416 e. The van der Waals surface area contributed by atoms with E-state index in [1.165, 1.54) is 13.1 Å². The van der Waals surface area contributed by atoms with Crippen LogP contribution in [0.15, 0.2) is 47.6 Å². The van der Waals surface area contributed by atoms with E-state index in [0.29, 0.717) is 9.76 Å². The van der Waals surface area contributed by atoms with Crippen molar-refractivity contribution in [2.75, 3.05) is 5.32 Å². The lowest BCUT2D eigenvalue weighted by atomic mass is 10.2. The summed E-state index contributed by atoms with van der Waals surface area (Å²) in [6.07, 6.45) is -3.25. The zero-order valence-corrected chi connectivity index (χ0v) is 13.9. The summed E-state index contributed by atoms with van der Waals surface area (Å²) in [5.74, 6) is -0.565. The number of aromatic nitrogens is 1. The van der Waals surface area contributed by atoms with Crippen molar-refractivity contribution >= 4 is 35.0 Å². The Morgan fingerprint density at radius 2 is 2.04 bits per heavy atom. The molecule has 9 heteroatoms. The molecule has 128 valence electrons. The van der Waals surface area contributed by atoms with Crippen molar-refractivity contribution in [2.24, 2.45) is 0 Å². The molecule has 0 aliphatic carbocycles. The van der Waals surface area contributed by atoms with Gasteiger partial charge in [-0.25, -0.2) is 0 Å². The number of rotatable bonds is 4. The van der Waals surface area contributed by atoms with Crippen molar-refractivity contribution in [3.05, 3.63) is 58.4 Å². The van der Waals surface area contributed by atoms with Crippen LogP contribution in [0.4, 0.5) is 18.9 Å². The number of nitrogens with one attached hydrogen (secondary N) is 1. The van der Waals surface area contributed by atoms with Gasteiger partial charge in [-0.15, -0.1) is 0 Å². The Labute approximate surface area is 145 Å². The summed E-state index contributed by atoms with van der Waals surface area (Å²) in [7, 11) is 0. The summed E-state index contributed by atoms with van der Waals surface area (Å²) in [5, 5.41) is 13.5. The molecule has 24 heavy (non-hydrogen) atoms. The number of pyridine rings is 1. The summed E-state index contributed by atoms with van der Waals surface area (Å²) >= 11 is 6.82. The van der Waals surface area contributed by atoms with E-state index < -0.39 is 22.9 Å². The quantitative estimate of drug-likeness (QED) is 0.496. The van der Waals surface area contributed by atoms with E-state index in [1.807, 2.05) is 0 Å². The predicted octanol–water partition coefficient (Wildman–Crippen LogP) is 4.11. The molecule has 0 aliphatic rings. The van der Waals surface area contributed by atoms with Gasteiger partial charge in [0.2, 0.25) is 5.91 Å². The summed E-state index contributed by atoms with van der Waals surface area (Å²) < 4.78 is 38.8. The third kappa shape index (κ3) is 4.55. The van der Waals surface area contributed by atoms with Crippen molar-refractivity contribution in [1.82, 2.24) is 0 Å². The molecule has 0 radical (unpaired) electrons. The van der Waals surface area contributed by atoms with Gasteiger partial charge in [0.05, 0.1) is 21.5 Å². The Bertz CT molecular complexity index is 756. The summed E-state index contributed by atoms with van der Waals surface area (Å²) in [6, 6.07) is 7.41. The predicted molar refractivity (Wildman–Crippen MR) is 85.8 cm³/mol. The molecular weight excluding hydrogens is 365 g/mol. The molecule has 1 amide bonds. The van der Waals surface area contributed by atoms with Crippen LogP contribution in [-0.4, -0.2) is 11.2 Å². The third-order valence-electron chi connectivity index (χ3n) is 3.01. The van der Waals surface area contributed by atoms with E-state index in [9.17, 15) is 23.2 Å². The summed E-state index contributed by atoms with van der Waals surface area (Å²) in [6.45, 7) is 1.54. The molecule has 1 atom stereocenters. The molecule has 0 spiro atoms. The first-order valence-electron chi connectivity index (χ1n) is 6.71. The SMILES string of the molecule is CC(Sc1cccc[n+]1[O-])C(=O)Nc1cc(C(F)(F)F)ccc1Cl. The van der Waals surface area contributed by atoms with Crippen LogP contribution in [0.2, 0.25) is 5.02 Å².